The fourth-order valence-electron chi connectivity index (χ4n) is 1.92. The Balaban J connectivity index is 2.44. The van der Waals surface area contributed by atoms with Gasteiger partial charge in [0.2, 0.25) is 5.88 Å². The lowest BCUT2D eigenvalue weighted by molar-refractivity contribution is -0.0552. The number of alkyl halides is 4. The first-order valence-electron chi connectivity index (χ1n) is 6.03. The minimum atomic E-state index is -2.97. The molecule has 0 N–H and O–H groups in total. The zero-order chi connectivity index (χ0) is 16.4. The third kappa shape index (κ3) is 4.13. The van der Waals surface area contributed by atoms with Crippen LogP contribution in [0.25, 0.3) is 11.3 Å². The van der Waals surface area contributed by atoms with Crippen molar-refractivity contribution in [1.82, 2.24) is 9.78 Å². The highest BCUT2D eigenvalue weighted by molar-refractivity contribution is 9.24. The van der Waals surface area contributed by atoms with Crippen LogP contribution in [0.5, 0.6) is 5.88 Å². The van der Waals surface area contributed by atoms with E-state index in [1.165, 1.54) is 11.7 Å². The van der Waals surface area contributed by atoms with Crippen LogP contribution in [0, 0.1) is 0 Å². The molecule has 2 aromatic rings. The molecule has 0 saturated heterocycles. The summed E-state index contributed by atoms with van der Waals surface area (Å²) in [6.07, 6.45) is 0.636. The minimum absolute atomic E-state index is 0.0327. The fraction of sp³-hybridized carbons (Fsp3) is 0.308. The number of benzene rings is 1. The average molecular weight is 479 g/mol. The number of aromatic nitrogens is 2. The molecular weight excluding hydrogens is 469 g/mol. The second-order valence-corrected chi connectivity index (χ2v) is 8.60. The zero-order valence-electron chi connectivity index (χ0n) is 11.2. The lowest BCUT2D eigenvalue weighted by Crippen LogP contribution is -2.06. The SMILES string of the molecule is Cn1nc(-c2ccc(Cl)c(CC(Br)Br)c2)c(Cl)c1OC(F)F. The quantitative estimate of drug-likeness (QED) is 0.519. The van der Waals surface area contributed by atoms with Gasteiger partial charge in [-0.15, -0.1) is 0 Å². The van der Waals surface area contributed by atoms with Crippen molar-refractivity contribution in [3.8, 4) is 17.1 Å². The number of hydrogen-bond acceptors (Lipinski definition) is 2. The molecule has 22 heavy (non-hydrogen) atoms. The Kier molecular flexibility index (Phi) is 6.10. The average Bonchev–Trinajstić information content (AvgIpc) is 2.68. The van der Waals surface area contributed by atoms with Crippen molar-refractivity contribution < 1.29 is 13.5 Å². The Morgan fingerprint density at radius 2 is 2.00 bits per heavy atom. The summed E-state index contributed by atoms with van der Waals surface area (Å²) in [5.74, 6) is -0.179. The van der Waals surface area contributed by atoms with Crippen molar-refractivity contribution >= 4 is 55.1 Å². The Morgan fingerprint density at radius 1 is 1.32 bits per heavy atom. The molecule has 0 amide bonds. The van der Waals surface area contributed by atoms with E-state index >= 15 is 0 Å². The summed E-state index contributed by atoms with van der Waals surface area (Å²) in [5.41, 5.74) is 1.90. The monoisotopic (exact) mass is 476 g/mol. The van der Waals surface area contributed by atoms with E-state index in [9.17, 15) is 8.78 Å². The van der Waals surface area contributed by atoms with Crippen LogP contribution < -0.4 is 4.74 Å². The summed E-state index contributed by atoms with van der Waals surface area (Å²) < 4.78 is 30.4. The van der Waals surface area contributed by atoms with Gasteiger partial charge in [0.1, 0.15) is 10.7 Å². The Hall–Kier alpha value is -0.370. The van der Waals surface area contributed by atoms with Gasteiger partial charge < -0.3 is 4.74 Å². The summed E-state index contributed by atoms with van der Waals surface area (Å²) in [5, 5.41) is 4.78. The van der Waals surface area contributed by atoms with Crippen molar-refractivity contribution in [2.24, 2.45) is 7.05 Å². The van der Waals surface area contributed by atoms with E-state index in [4.69, 9.17) is 23.2 Å². The van der Waals surface area contributed by atoms with E-state index in [1.54, 1.807) is 12.1 Å². The molecule has 0 aliphatic carbocycles. The van der Waals surface area contributed by atoms with Gasteiger partial charge in [-0.25, -0.2) is 4.68 Å². The Bertz CT molecular complexity index is 680. The predicted molar refractivity (Wildman–Crippen MR) is 90.6 cm³/mol. The number of ether oxygens (including phenoxy) is 1. The summed E-state index contributed by atoms with van der Waals surface area (Å²) in [4.78, 5) is 0. The maximum Gasteiger partial charge on any atom is 0.388 e. The van der Waals surface area contributed by atoms with Crippen molar-refractivity contribution in [3.05, 3.63) is 33.8 Å². The van der Waals surface area contributed by atoms with E-state index in [0.717, 1.165) is 5.56 Å². The van der Waals surface area contributed by atoms with Crippen LogP contribution >= 0.6 is 55.1 Å². The van der Waals surface area contributed by atoms with Gasteiger partial charge in [-0.2, -0.15) is 13.9 Å². The summed E-state index contributed by atoms with van der Waals surface area (Å²) in [7, 11) is 1.48. The first-order chi connectivity index (χ1) is 10.3. The molecule has 120 valence electrons. The smallest absolute Gasteiger partial charge is 0.388 e. The molecule has 1 aromatic carbocycles. The van der Waals surface area contributed by atoms with Gasteiger partial charge in [0.25, 0.3) is 0 Å². The van der Waals surface area contributed by atoms with Crippen LogP contribution in [0.4, 0.5) is 8.78 Å². The van der Waals surface area contributed by atoms with Gasteiger partial charge in [-0.1, -0.05) is 61.1 Å². The van der Waals surface area contributed by atoms with Crippen LogP contribution in [0.2, 0.25) is 10.0 Å². The highest BCUT2D eigenvalue weighted by atomic mass is 79.9. The van der Waals surface area contributed by atoms with E-state index < -0.39 is 6.61 Å². The molecule has 0 aliphatic heterocycles. The minimum Gasteiger partial charge on any atom is -0.416 e. The summed E-state index contributed by atoms with van der Waals surface area (Å²) in [6.45, 7) is -2.97. The molecule has 2 rings (SSSR count). The fourth-order valence-corrected chi connectivity index (χ4v) is 3.13. The lowest BCUT2D eigenvalue weighted by atomic mass is 10.1. The zero-order valence-corrected chi connectivity index (χ0v) is 15.8. The number of halogens is 6. The van der Waals surface area contributed by atoms with Gasteiger partial charge in [0, 0.05) is 17.6 Å². The second-order valence-electron chi connectivity index (χ2n) is 4.37. The maximum absolute atomic E-state index is 12.4. The van der Waals surface area contributed by atoms with Crippen LogP contribution in [0.15, 0.2) is 18.2 Å². The highest BCUT2D eigenvalue weighted by Gasteiger charge is 2.21. The molecule has 1 aromatic heterocycles. The molecule has 0 aliphatic rings. The molecule has 0 fully saturated rings. The molecule has 9 heteroatoms. The summed E-state index contributed by atoms with van der Waals surface area (Å²) in [6, 6.07) is 5.26. The third-order valence-electron chi connectivity index (χ3n) is 2.83. The highest BCUT2D eigenvalue weighted by Crippen LogP contribution is 2.37. The Morgan fingerprint density at radius 3 is 2.59 bits per heavy atom. The number of aryl methyl sites for hydroxylation is 1. The standard InChI is InChI=1S/C13H10Br2Cl2F2N2O/c1-21-12(22-13(18)19)10(17)11(20-21)6-2-3-8(16)7(4-6)5-9(14)15/h2-4,9,13H,5H2,1H3. The van der Waals surface area contributed by atoms with Crippen LogP contribution in [-0.2, 0) is 13.5 Å². The van der Waals surface area contributed by atoms with Gasteiger partial charge in [-0.3, -0.25) is 0 Å². The van der Waals surface area contributed by atoms with Gasteiger partial charge in [0.15, 0.2) is 0 Å². The first-order valence-corrected chi connectivity index (χ1v) is 8.62. The van der Waals surface area contributed by atoms with Crippen LogP contribution in [-0.4, -0.2) is 20.1 Å². The first kappa shape index (κ1) is 18.0. The molecular formula is C13H10Br2Cl2F2N2O. The van der Waals surface area contributed by atoms with Crippen LogP contribution in [0.3, 0.4) is 0 Å². The maximum atomic E-state index is 12.4. The molecule has 1 heterocycles. The normalized spacial score (nSPS) is 11.5. The molecule has 0 unspecified atom stereocenters. The second kappa shape index (κ2) is 7.47. The molecule has 0 atom stereocenters. The number of hydrogen-bond donors (Lipinski definition) is 0. The largest absolute Gasteiger partial charge is 0.416 e. The van der Waals surface area contributed by atoms with Gasteiger partial charge in [0.05, 0.1) is 3.74 Å². The molecule has 0 bridgehead atoms. The van der Waals surface area contributed by atoms with Crippen LogP contribution in [0.1, 0.15) is 5.56 Å². The van der Waals surface area contributed by atoms with Crippen molar-refractivity contribution in [2.75, 3.05) is 0 Å². The van der Waals surface area contributed by atoms with Gasteiger partial charge >= 0.3 is 6.61 Å². The molecule has 0 radical (unpaired) electrons. The third-order valence-corrected chi connectivity index (χ3v) is 4.19. The van der Waals surface area contributed by atoms with E-state index in [-0.39, 0.29) is 14.6 Å². The van der Waals surface area contributed by atoms with Crippen molar-refractivity contribution in [3.63, 3.8) is 0 Å². The number of nitrogens with zero attached hydrogens (tertiary/aromatic N) is 2. The molecule has 0 saturated carbocycles. The summed E-state index contributed by atoms with van der Waals surface area (Å²) >= 11 is 19.0. The van der Waals surface area contributed by atoms with Crippen molar-refractivity contribution in [1.29, 1.82) is 0 Å². The predicted octanol–water partition coefficient (Wildman–Crippen LogP) is 5.65. The Labute approximate surface area is 152 Å². The topological polar surface area (TPSA) is 27.1 Å². The number of rotatable bonds is 5. The lowest BCUT2D eigenvalue weighted by Gasteiger charge is -2.07. The molecule has 0 spiro atoms. The van der Waals surface area contributed by atoms with Crippen molar-refractivity contribution in [2.45, 2.75) is 16.8 Å². The van der Waals surface area contributed by atoms with Gasteiger partial charge in [-0.05, 0) is 24.1 Å². The molecule has 3 nitrogen and oxygen atoms in total. The van der Waals surface area contributed by atoms with E-state index in [0.29, 0.717) is 22.7 Å². The van der Waals surface area contributed by atoms with E-state index in [2.05, 4.69) is 41.7 Å². The van der Waals surface area contributed by atoms with E-state index in [1.807, 2.05) is 6.07 Å².